The molecule has 0 saturated heterocycles. The average Bonchev–Trinajstić information content (AvgIpc) is 2.09. The van der Waals surface area contributed by atoms with Gasteiger partial charge in [0.2, 0.25) is 0 Å². The molecule has 0 amide bonds. The van der Waals surface area contributed by atoms with Crippen LogP contribution in [0.15, 0.2) is 12.7 Å². The lowest BCUT2D eigenvalue weighted by Crippen LogP contribution is -2.24. The molecule has 1 N–H and O–H groups in total. The molecule has 15 heavy (non-hydrogen) atoms. The third-order valence-electron chi connectivity index (χ3n) is 1.93. The molecule has 0 rings (SSSR count). The average molecular weight is 214 g/mol. The third-order valence-corrected chi connectivity index (χ3v) is 1.93. The summed E-state index contributed by atoms with van der Waals surface area (Å²) in [4.78, 5) is 11.4. The van der Waals surface area contributed by atoms with Crippen LogP contribution in [0.4, 0.5) is 0 Å². The maximum Gasteiger partial charge on any atom is 0.306 e. The van der Waals surface area contributed by atoms with Crippen molar-refractivity contribution in [2.24, 2.45) is 5.92 Å². The van der Waals surface area contributed by atoms with Crippen molar-refractivity contribution in [2.45, 2.75) is 45.6 Å². The predicted octanol–water partition coefficient (Wildman–Crippen LogP) is 2.29. The van der Waals surface area contributed by atoms with Gasteiger partial charge in [-0.15, -0.1) is 6.58 Å². The Hall–Kier alpha value is -0.830. The fourth-order valence-corrected chi connectivity index (χ4v) is 1.23. The van der Waals surface area contributed by atoms with Crippen LogP contribution >= 0.6 is 0 Å². The highest BCUT2D eigenvalue weighted by molar-refractivity contribution is 5.69. The Kier molecular flexibility index (Phi) is 6.25. The second-order valence-electron chi connectivity index (χ2n) is 4.70. The van der Waals surface area contributed by atoms with Gasteiger partial charge in [0.1, 0.15) is 5.60 Å². The van der Waals surface area contributed by atoms with E-state index in [2.05, 4.69) is 6.58 Å². The van der Waals surface area contributed by atoms with Crippen LogP contribution in [0.25, 0.3) is 0 Å². The lowest BCUT2D eigenvalue weighted by Gasteiger charge is -2.20. The molecule has 0 aliphatic carbocycles. The summed E-state index contributed by atoms with van der Waals surface area (Å²) >= 11 is 0. The van der Waals surface area contributed by atoms with Gasteiger partial charge in [-0.2, -0.15) is 0 Å². The molecule has 0 aromatic carbocycles. The smallest absolute Gasteiger partial charge is 0.306 e. The Labute approximate surface area is 92.1 Å². The summed E-state index contributed by atoms with van der Waals surface area (Å²) in [6.07, 6.45) is 3.50. The molecule has 1 atom stereocenters. The maximum absolute atomic E-state index is 11.4. The minimum Gasteiger partial charge on any atom is -0.460 e. The molecule has 0 spiro atoms. The zero-order valence-corrected chi connectivity index (χ0v) is 9.95. The first kappa shape index (κ1) is 14.2. The minimum absolute atomic E-state index is 0.0921. The lowest BCUT2D eigenvalue weighted by molar-refractivity contribution is -0.155. The van der Waals surface area contributed by atoms with Crippen LogP contribution in [0.1, 0.15) is 40.0 Å². The van der Waals surface area contributed by atoms with Gasteiger partial charge in [-0.25, -0.2) is 0 Å². The number of hydrogen-bond donors (Lipinski definition) is 1. The van der Waals surface area contributed by atoms with Gasteiger partial charge in [-0.1, -0.05) is 6.08 Å². The fourth-order valence-electron chi connectivity index (χ4n) is 1.23. The van der Waals surface area contributed by atoms with E-state index in [1.165, 1.54) is 0 Å². The molecule has 1 unspecified atom stereocenters. The minimum atomic E-state index is -0.426. The molecule has 0 heterocycles. The summed E-state index contributed by atoms with van der Waals surface area (Å²) < 4.78 is 5.16. The number of allylic oxidation sites excluding steroid dienone is 1. The second kappa shape index (κ2) is 6.62. The van der Waals surface area contributed by atoms with Gasteiger partial charge >= 0.3 is 5.97 Å². The summed E-state index contributed by atoms with van der Waals surface area (Å²) in [5.74, 6) is -0.0833. The van der Waals surface area contributed by atoms with E-state index in [1.807, 2.05) is 20.8 Å². The van der Waals surface area contributed by atoms with Crippen molar-refractivity contribution < 1.29 is 14.6 Å². The Balaban J connectivity index is 3.83. The Morgan fingerprint density at radius 2 is 2.13 bits per heavy atom. The summed E-state index contributed by atoms with van der Waals surface area (Å²) in [6.45, 7) is 9.24. The quantitative estimate of drug-likeness (QED) is 0.545. The van der Waals surface area contributed by atoms with Crippen LogP contribution in [0.5, 0.6) is 0 Å². The number of aliphatic hydroxyl groups is 1. The van der Waals surface area contributed by atoms with Crippen molar-refractivity contribution in [2.75, 3.05) is 6.61 Å². The second-order valence-corrected chi connectivity index (χ2v) is 4.70. The van der Waals surface area contributed by atoms with Gasteiger partial charge in [0, 0.05) is 13.0 Å². The topological polar surface area (TPSA) is 46.5 Å². The summed E-state index contributed by atoms with van der Waals surface area (Å²) in [7, 11) is 0. The number of hydrogen-bond acceptors (Lipinski definition) is 3. The fraction of sp³-hybridized carbons (Fsp3) is 0.750. The predicted molar refractivity (Wildman–Crippen MR) is 60.5 cm³/mol. The molecule has 0 aliphatic rings. The van der Waals surface area contributed by atoms with Gasteiger partial charge in [0.05, 0.1) is 0 Å². The van der Waals surface area contributed by atoms with Crippen LogP contribution in [0.2, 0.25) is 0 Å². The molecule has 0 aromatic heterocycles. The van der Waals surface area contributed by atoms with Gasteiger partial charge < -0.3 is 9.84 Å². The molecule has 0 aliphatic heterocycles. The number of aliphatic hydroxyl groups excluding tert-OH is 1. The number of esters is 1. The molecule has 0 fully saturated rings. The van der Waals surface area contributed by atoms with E-state index in [-0.39, 0.29) is 18.5 Å². The van der Waals surface area contributed by atoms with Crippen LogP contribution < -0.4 is 0 Å². The van der Waals surface area contributed by atoms with Gasteiger partial charge in [-0.3, -0.25) is 4.79 Å². The first-order valence-electron chi connectivity index (χ1n) is 5.32. The van der Waals surface area contributed by atoms with E-state index in [0.29, 0.717) is 12.8 Å². The molecule has 0 aromatic rings. The van der Waals surface area contributed by atoms with E-state index in [0.717, 1.165) is 6.42 Å². The molecular weight excluding hydrogens is 192 g/mol. The highest BCUT2D eigenvalue weighted by atomic mass is 16.6. The maximum atomic E-state index is 11.4. The molecule has 0 saturated carbocycles. The number of rotatable bonds is 6. The Bertz CT molecular complexity index is 203. The van der Waals surface area contributed by atoms with Gasteiger partial charge in [0.25, 0.3) is 0 Å². The molecule has 0 radical (unpaired) electrons. The monoisotopic (exact) mass is 214 g/mol. The number of carbonyl (C=O) groups is 1. The molecular formula is C12H22O3. The van der Waals surface area contributed by atoms with Crippen LogP contribution in [0.3, 0.4) is 0 Å². The summed E-state index contributed by atoms with van der Waals surface area (Å²) in [5.41, 5.74) is -0.426. The van der Waals surface area contributed by atoms with Gasteiger partial charge in [0.15, 0.2) is 0 Å². The van der Waals surface area contributed by atoms with E-state index in [1.54, 1.807) is 6.08 Å². The van der Waals surface area contributed by atoms with E-state index in [9.17, 15) is 4.79 Å². The van der Waals surface area contributed by atoms with Crippen molar-refractivity contribution >= 4 is 5.97 Å². The zero-order valence-electron chi connectivity index (χ0n) is 9.95. The van der Waals surface area contributed by atoms with Crippen molar-refractivity contribution in [3.05, 3.63) is 12.7 Å². The first-order valence-corrected chi connectivity index (χ1v) is 5.32. The van der Waals surface area contributed by atoms with E-state index < -0.39 is 5.60 Å². The van der Waals surface area contributed by atoms with Crippen molar-refractivity contribution in [1.29, 1.82) is 0 Å². The standard InChI is InChI=1S/C12H22O3/c1-5-6-10(9-13)7-8-11(14)15-12(2,3)4/h5,10,13H,1,6-9H2,2-4H3. The molecule has 0 bridgehead atoms. The highest BCUT2D eigenvalue weighted by Gasteiger charge is 2.17. The van der Waals surface area contributed by atoms with E-state index in [4.69, 9.17) is 9.84 Å². The number of ether oxygens (including phenoxy) is 1. The largest absolute Gasteiger partial charge is 0.460 e. The zero-order chi connectivity index (χ0) is 11.9. The highest BCUT2D eigenvalue weighted by Crippen LogP contribution is 2.14. The Morgan fingerprint density at radius 1 is 1.53 bits per heavy atom. The van der Waals surface area contributed by atoms with Crippen molar-refractivity contribution in [3.8, 4) is 0 Å². The lowest BCUT2D eigenvalue weighted by atomic mass is 10.0. The summed E-state index contributed by atoms with van der Waals surface area (Å²) in [5, 5.41) is 9.00. The summed E-state index contributed by atoms with van der Waals surface area (Å²) in [6, 6.07) is 0. The Morgan fingerprint density at radius 3 is 2.53 bits per heavy atom. The van der Waals surface area contributed by atoms with Crippen molar-refractivity contribution in [1.82, 2.24) is 0 Å². The first-order chi connectivity index (χ1) is 6.89. The number of carbonyl (C=O) groups excluding carboxylic acids is 1. The normalized spacial score (nSPS) is 13.3. The third kappa shape index (κ3) is 8.18. The SMILES string of the molecule is C=CCC(CO)CCC(=O)OC(C)(C)C. The van der Waals surface area contributed by atoms with Crippen LogP contribution in [-0.4, -0.2) is 23.3 Å². The molecule has 88 valence electrons. The van der Waals surface area contributed by atoms with Crippen LogP contribution in [-0.2, 0) is 9.53 Å². The molecule has 3 heteroatoms. The van der Waals surface area contributed by atoms with E-state index >= 15 is 0 Å². The van der Waals surface area contributed by atoms with Crippen LogP contribution in [0, 0.1) is 5.92 Å². The van der Waals surface area contributed by atoms with Crippen molar-refractivity contribution in [3.63, 3.8) is 0 Å². The molecule has 3 nitrogen and oxygen atoms in total. The van der Waals surface area contributed by atoms with Gasteiger partial charge in [-0.05, 0) is 39.5 Å².